The number of benzene rings is 1. The van der Waals surface area contributed by atoms with Gasteiger partial charge < -0.3 is 9.47 Å². The maximum absolute atomic E-state index is 11.7. The van der Waals surface area contributed by atoms with Gasteiger partial charge in [0.1, 0.15) is 5.75 Å². The van der Waals surface area contributed by atoms with E-state index in [1.807, 2.05) is 28.9 Å². The van der Waals surface area contributed by atoms with Crippen molar-refractivity contribution in [2.75, 3.05) is 14.2 Å². The smallest absolute Gasteiger partial charge is 0.358 e. The molecule has 0 amide bonds. The summed E-state index contributed by atoms with van der Waals surface area (Å²) in [7, 11) is 3.02. The Labute approximate surface area is 130 Å². The molecule has 0 spiro atoms. The van der Waals surface area contributed by atoms with E-state index in [0.29, 0.717) is 18.0 Å². The van der Waals surface area contributed by atoms with Gasteiger partial charge in [-0.1, -0.05) is 26.0 Å². The third-order valence-corrected chi connectivity index (χ3v) is 3.34. The Morgan fingerprint density at radius 3 is 2.45 bits per heavy atom. The fraction of sp³-hybridized carbons (Fsp3) is 0.412. The minimum atomic E-state index is -0.404. The fourth-order valence-corrected chi connectivity index (χ4v) is 2.26. The van der Waals surface area contributed by atoms with Gasteiger partial charge in [0.05, 0.1) is 14.2 Å². The van der Waals surface area contributed by atoms with Crippen LogP contribution in [0.4, 0.5) is 0 Å². The second-order valence-electron chi connectivity index (χ2n) is 5.61. The molecule has 0 saturated carbocycles. The number of ether oxygens (including phenoxy) is 2. The van der Waals surface area contributed by atoms with E-state index in [0.717, 1.165) is 23.6 Å². The lowest BCUT2D eigenvalue weighted by Crippen LogP contribution is -2.11. The normalized spacial score (nSPS) is 10.8. The van der Waals surface area contributed by atoms with E-state index in [-0.39, 0.29) is 0 Å². The van der Waals surface area contributed by atoms with E-state index in [1.54, 1.807) is 13.2 Å². The zero-order valence-corrected chi connectivity index (χ0v) is 13.5. The highest BCUT2D eigenvalue weighted by Crippen LogP contribution is 2.17. The highest BCUT2D eigenvalue weighted by atomic mass is 16.5. The van der Waals surface area contributed by atoms with Crippen LogP contribution in [0.5, 0.6) is 5.75 Å². The molecular weight excluding hydrogens is 280 g/mol. The van der Waals surface area contributed by atoms with Crippen molar-refractivity contribution in [3.05, 3.63) is 47.3 Å². The quantitative estimate of drug-likeness (QED) is 0.770. The van der Waals surface area contributed by atoms with Gasteiger partial charge in [0.15, 0.2) is 5.69 Å². The van der Waals surface area contributed by atoms with Crippen LogP contribution in [-0.4, -0.2) is 30.0 Å². The molecule has 1 aromatic carbocycles. The number of carbonyl (C=O) groups is 1. The topological polar surface area (TPSA) is 53.4 Å². The Hall–Kier alpha value is -2.30. The van der Waals surface area contributed by atoms with E-state index in [1.165, 1.54) is 7.11 Å². The zero-order valence-electron chi connectivity index (χ0n) is 13.5. The van der Waals surface area contributed by atoms with Crippen molar-refractivity contribution < 1.29 is 14.3 Å². The second-order valence-corrected chi connectivity index (χ2v) is 5.61. The average Bonchev–Trinajstić information content (AvgIpc) is 2.89. The monoisotopic (exact) mass is 302 g/mol. The number of methoxy groups -OCH3 is 2. The molecular formula is C17H22N2O3. The van der Waals surface area contributed by atoms with E-state index >= 15 is 0 Å². The first kappa shape index (κ1) is 16.1. The van der Waals surface area contributed by atoms with Crippen LogP contribution in [0.15, 0.2) is 30.3 Å². The number of aromatic nitrogens is 2. The summed E-state index contributed by atoms with van der Waals surface area (Å²) >= 11 is 0. The van der Waals surface area contributed by atoms with Gasteiger partial charge in [-0.15, -0.1) is 0 Å². The summed E-state index contributed by atoms with van der Waals surface area (Å²) in [5.41, 5.74) is 2.49. The highest BCUT2D eigenvalue weighted by molar-refractivity contribution is 5.87. The number of rotatable bonds is 6. The van der Waals surface area contributed by atoms with Crippen LogP contribution in [0.3, 0.4) is 0 Å². The Balaban J connectivity index is 2.26. The molecule has 2 aromatic rings. The number of nitrogens with zero attached hydrogens (tertiary/aromatic N) is 2. The summed E-state index contributed by atoms with van der Waals surface area (Å²) in [4.78, 5) is 11.7. The van der Waals surface area contributed by atoms with Crippen molar-refractivity contribution in [2.24, 2.45) is 5.92 Å². The van der Waals surface area contributed by atoms with E-state index in [9.17, 15) is 4.79 Å². The minimum absolute atomic E-state index is 0.353. The Bertz CT molecular complexity index is 630. The SMILES string of the molecule is COC(=O)c1cc(Cc2ccc(OC)cc2)n(CC(C)C)n1. The van der Waals surface area contributed by atoms with Crippen LogP contribution in [0.1, 0.15) is 35.6 Å². The van der Waals surface area contributed by atoms with Gasteiger partial charge in [-0.2, -0.15) is 5.10 Å². The maximum Gasteiger partial charge on any atom is 0.358 e. The van der Waals surface area contributed by atoms with E-state index < -0.39 is 5.97 Å². The van der Waals surface area contributed by atoms with Crippen molar-refractivity contribution >= 4 is 5.97 Å². The molecule has 0 fully saturated rings. The summed E-state index contributed by atoms with van der Waals surface area (Å²) in [5.74, 6) is 0.869. The molecule has 0 unspecified atom stereocenters. The molecule has 0 bridgehead atoms. The van der Waals surface area contributed by atoms with Crippen LogP contribution < -0.4 is 4.74 Å². The summed E-state index contributed by atoms with van der Waals surface area (Å²) in [6, 6.07) is 9.70. The molecule has 1 aromatic heterocycles. The first-order valence-corrected chi connectivity index (χ1v) is 7.31. The lowest BCUT2D eigenvalue weighted by molar-refractivity contribution is 0.0592. The molecule has 22 heavy (non-hydrogen) atoms. The molecule has 5 nitrogen and oxygen atoms in total. The van der Waals surface area contributed by atoms with Crippen LogP contribution in [-0.2, 0) is 17.7 Å². The lowest BCUT2D eigenvalue weighted by Gasteiger charge is -2.10. The standard InChI is InChI=1S/C17H22N2O3/c1-12(2)11-19-14(10-16(18-19)17(20)22-4)9-13-5-7-15(21-3)8-6-13/h5-8,10,12H,9,11H2,1-4H3. The molecule has 0 radical (unpaired) electrons. The van der Waals surface area contributed by atoms with Gasteiger partial charge >= 0.3 is 5.97 Å². The van der Waals surface area contributed by atoms with Crippen LogP contribution in [0.25, 0.3) is 0 Å². The molecule has 0 N–H and O–H groups in total. The third-order valence-electron chi connectivity index (χ3n) is 3.34. The van der Waals surface area contributed by atoms with Crippen molar-refractivity contribution in [2.45, 2.75) is 26.8 Å². The zero-order chi connectivity index (χ0) is 16.1. The predicted molar refractivity (Wildman–Crippen MR) is 84.2 cm³/mol. The lowest BCUT2D eigenvalue weighted by atomic mass is 10.1. The maximum atomic E-state index is 11.7. The average molecular weight is 302 g/mol. The first-order chi connectivity index (χ1) is 10.5. The van der Waals surface area contributed by atoms with Crippen LogP contribution in [0, 0.1) is 5.92 Å². The third kappa shape index (κ3) is 3.87. The van der Waals surface area contributed by atoms with Crippen molar-refractivity contribution in [3.63, 3.8) is 0 Å². The number of carbonyl (C=O) groups excluding carboxylic acids is 1. The summed E-state index contributed by atoms with van der Waals surface area (Å²) in [6.45, 7) is 5.01. The molecule has 118 valence electrons. The van der Waals surface area contributed by atoms with Crippen molar-refractivity contribution in [1.29, 1.82) is 0 Å². The first-order valence-electron chi connectivity index (χ1n) is 7.31. The van der Waals surface area contributed by atoms with E-state index in [4.69, 9.17) is 9.47 Å². The molecule has 1 heterocycles. The number of hydrogen-bond donors (Lipinski definition) is 0. The van der Waals surface area contributed by atoms with Crippen LogP contribution in [0.2, 0.25) is 0 Å². The summed E-state index contributed by atoms with van der Waals surface area (Å²) in [6.07, 6.45) is 0.709. The van der Waals surface area contributed by atoms with Gasteiger partial charge in [-0.25, -0.2) is 4.79 Å². The predicted octanol–water partition coefficient (Wildman–Crippen LogP) is 2.93. The Kier molecular flexibility index (Phi) is 5.20. The van der Waals surface area contributed by atoms with Crippen LogP contribution >= 0.6 is 0 Å². The number of esters is 1. The molecule has 0 saturated heterocycles. The largest absolute Gasteiger partial charge is 0.497 e. The summed E-state index contributed by atoms with van der Waals surface area (Å²) < 4.78 is 11.8. The van der Waals surface area contributed by atoms with Crippen molar-refractivity contribution in [3.8, 4) is 5.75 Å². The van der Waals surface area contributed by atoms with Gasteiger partial charge in [0.25, 0.3) is 0 Å². The Morgan fingerprint density at radius 2 is 1.91 bits per heavy atom. The molecule has 0 atom stereocenters. The van der Waals surface area contributed by atoms with E-state index in [2.05, 4.69) is 18.9 Å². The molecule has 0 aliphatic rings. The Morgan fingerprint density at radius 1 is 1.23 bits per heavy atom. The molecule has 5 heteroatoms. The fourth-order valence-electron chi connectivity index (χ4n) is 2.26. The van der Waals surface area contributed by atoms with Crippen molar-refractivity contribution in [1.82, 2.24) is 9.78 Å². The number of hydrogen-bond acceptors (Lipinski definition) is 4. The minimum Gasteiger partial charge on any atom is -0.497 e. The van der Waals surface area contributed by atoms with Gasteiger partial charge in [0, 0.05) is 18.7 Å². The highest BCUT2D eigenvalue weighted by Gasteiger charge is 2.15. The van der Waals surface area contributed by atoms with Gasteiger partial charge in [-0.3, -0.25) is 4.68 Å². The van der Waals surface area contributed by atoms with Gasteiger partial charge in [-0.05, 0) is 29.7 Å². The summed E-state index contributed by atoms with van der Waals surface area (Å²) in [5, 5.41) is 4.37. The second kappa shape index (κ2) is 7.11. The molecule has 0 aliphatic heterocycles. The molecule has 0 aliphatic carbocycles. The van der Waals surface area contributed by atoms with Gasteiger partial charge in [0.2, 0.25) is 0 Å². The molecule has 2 rings (SSSR count).